The Morgan fingerprint density at radius 3 is 1.56 bits per heavy atom. The van der Waals surface area contributed by atoms with Gasteiger partial charge in [0.1, 0.15) is 0 Å². The number of unbranched alkanes of at least 4 members (excludes halogenated alkanes) is 13. The minimum absolute atomic E-state index is 0.240. The SMILES string of the molecule is CCCCCCCCCCCCCCCCOC(OCCOCC)C(=O)O. The maximum absolute atomic E-state index is 11.1. The fourth-order valence-corrected chi connectivity index (χ4v) is 3.04. The number of ether oxygens (including phenoxy) is 3. The molecule has 0 saturated heterocycles. The molecule has 162 valence electrons. The summed E-state index contributed by atoms with van der Waals surface area (Å²) in [5, 5.41) is 9.05. The van der Waals surface area contributed by atoms with E-state index < -0.39 is 12.3 Å². The number of carbonyl (C=O) groups is 1. The molecule has 0 fully saturated rings. The molecule has 0 aromatic rings. The fourth-order valence-electron chi connectivity index (χ4n) is 3.04. The second kappa shape index (κ2) is 21.6. The third-order valence-corrected chi connectivity index (χ3v) is 4.67. The van der Waals surface area contributed by atoms with Crippen LogP contribution in [0.5, 0.6) is 0 Å². The fraction of sp³-hybridized carbons (Fsp3) is 0.955. The van der Waals surface area contributed by atoms with Gasteiger partial charge in [0.25, 0.3) is 6.29 Å². The van der Waals surface area contributed by atoms with E-state index in [2.05, 4.69) is 6.92 Å². The van der Waals surface area contributed by atoms with Crippen LogP contribution >= 0.6 is 0 Å². The monoisotopic (exact) mass is 388 g/mol. The van der Waals surface area contributed by atoms with Crippen molar-refractivity contribution in [3.8, 4) is 0 Å². The van der Waals surface area contributed by atoms with Crippen LogP contribution in [0.1, 0.15) is 104 Å². The first-order valence-electron chi connectivity index (χ1n) is 11.3. The Kier molecular flexibility index (Phi) is 21.1. The molecule has 0 heterocycles. The summed E-state index contributed by atoms with van der Waals surface area (Å²) < 4.78 is 15.6. The summed E-state index contributed by atoms with van der Waals surface area (Å²) in [5.41, 5.74) is 0. The highest BCUT2D eigenvalue weighted by atomic mass is 16.7. The van der Waals surface area contributed by atoms with Gasteiger partial charge >= 0.3 is 5.97 Å². The predicted molar refractivity (Wildman–Crippen MR) is 110 cm³/mol. The molecule has 0 aromatic carbocycles. The Hall–Kier alpha value is -0.650. The molecule has 0 aliphatic carbocycles. The number of carboxylic acids is 1. The first kappa shape index (κ1) is 26.4. The van der Waals surface area contributed by atoms with Crippen LogP contribution in [-0.2, 0) is 19.0 Å². The average Bonchev–Trinajstić information content (AvgIpc) is 2.66. The number of hydrogen-bond acceptors (Lipinski definition) is 4. The predicted octanol–water partition coefficient (Wildman–Crippen LogP) is 5.95. The van der Waals surface area contributed by atoms with Crippen molar-refractivity contribution in [1.82, 2.24) is 0 Å². The summed E-state index contributed by atoms with van der Waals surface area (Å²) in [6.07, 6.45) is 17.0. The molecule has 0 aliphatic heterocycles. The molecular formula is C22H44O5. The zero-order valence-electron chi connectivity index (χ0n) is 17.9. The highest BCUT2D eigenvalue weighted by Gasteiger charge is 2.18. The normalized spacial score (nSPS) is 12.4. The third kappa shape index (κ3) is 19.9. The molecule has 5 heteroatoms. The molecule has 0 bridgehead atoms. The highest BCUT2D eigenvalue weighted by molar-refractivity contribution is 5.70. The molecule has 1 unspecified atom stereocenters. The van der Waals surface area contributed by atoms with Gasteiger partial charge in [0.05, 0.1) is 19.8 Å². The van der Waals surface area contributed by atoms with E-state index in [1.807, 2.05) is 6.92 Å². The van der Waals surface area contributed by atoms with Gasteiger partial charge in [-0.05, 0) is 13.3 Å². The van der Waals surface area contributed by atoms with Gasteiger partial charge in [0.15, 0.2) is 0 Å². The summed E-state index contributed by atoms with van der Waals surface area (Å²) in [4.78, 5) is 11.1. The number of hydrogen-bond donors (Lipinski definition) is 1. The molecule has 0 aromatic heterocycles. The van der Waals surface area contributed by atoms with E-state index in [9.17, 15) is 4.79 Å². The molecule has 0 spiro atoms. The van der Waals surface area contributed by atoms with E-state index in [1.165, 1.54) is 77.0 Å². The first-order chi connectivity index (χ1) is 13.2. The second-order valence-corrected chi connectivity index (χ2v) is 7.20. The molecule has 5 nitrogen and oxygen atoms in total. The molecule has 1 atom stereocenters. The van der Waals surface area contributed by atoms with Gasteiger partial charge in [-0.25, -0.2) is 4.79 Å². The van der Waals surface area contributed by atoms with E-state index in [0.717, 1.165) is 12.8 Å². The van der Waals surface area contributed by atoms with E-state index in [4.69, 9.17) is 19.3 Å². The summed E-state index contributed by atoms with van der Waals surface area (Å²) in [7, 11) is 0. The molecule has 1 N–H and O–H groups in total. The molecule has 0 radical (unpaired) electrons. The van der Waals surface area contributed by atoms with Crippen LogP contribution in [0.3, 0.4) is 0 Å². The van der Waals surface area contributed by atoms with E-state index in [0.29, 0.717) is 19.8 Å². The van der Waals surface area contributed by atoms with Gasteiger partial charge in [-0.2, -0.15) is 0 Å². The molecular weight excluding hydrogens is 344 g/mol. The summed E-state index contributed by atoms with van der Waals surface area (Å²) in [6.45, 7) is 5.82. The minimum Gasteiger partial charge on any atom is -0.477 e. The van der Waals surface area contributed by atoms with E-state index in [1.54, 1.807) is 0 Å². The number of carboxylic acid groups (broad SMARTS) is 1. The lowest BCUT2D eigenvalue weighted by Crippen LogP contribution is -2.29. The Balaban J connectivity index is 3.31. The number of aliphatic carboxylic acids is 1. The van der Waals surface area contributed by atoms with Crippen LogP contribution in [0.25, 0.3) is 0 Å². The largest absolute Gasteiger partial charge is 0.477 e. The van der Waals surface area contributed by atoms with Gasteiger partial charge in [-0.1, -0.05) is 90.4 Å². The summed E-state index contributed by atoms with van der Waals surface area (Å²) in [6, 6.07) is 0. The molecule has 0 aliphatic rings. The smallest absolute Gasteiger partial charge is 0.361 e. The minimum atomic E-state index is -1.17. The summed E-state index contributed by atoms with van der Waals surface area (Å²) >= 11 is 0. The lowest BCUT2D eigenvalue weighted by Gasteiger charge is -2.14. The van der Waals surface area contributed by atoms with Crippen molar-refractivity contribution in [2.24, 2.45) is 0 Å². The molecule has 0 saturated carbocycles. The maximum atomic E-state index is 11.1. The Bertz CT molecular complexity index is 309. The lowest BCUT2D eigenvalue weighted by atomic mass is 10.0. The first-order valence-corrected chi connectivity index (χ1v) is 11.3. The van der Waals surface area contributed by atoms with Crippen LogP contribution in [0.15, 0.2) is 0 Å². The van der Waals surface area contributed by atoms with Crippen LogP contribution in [-0.4, -0.2) is 43.8 Å². The third-order valence-electron chi connectivity index (χ3n) is 4.67. The highest BCUT2D eigenvalue weighted by Crippen LogP contribution is 2.13. The van der Waals surface area contributed by atoms with Crippen molar-refractivity contribution < 1.29 is 24.1 Å². The van der Waals surface area contributed by atoms with Crippen molar-refractivity contribution in [3.63, 3.8) is 0 Å². The van der Waals surface area contributed by atoms with Crippen LogP contribution < -0.4 is 0 Å². The quantitative estimate of drug-likeness (QED) is 0.183. The lowest BCUT2D eigenvalue weighted by molar-refractivity contribution is -0.192. The summed E-state index contributed by atoms with van der Waals surface area (Å²) in [5.74, 6) is -1.07. The van der Waals surface area contributed by atoms with Gasteiger partial charge in [0.2, 0.25) is 0 Å². The van der Waals surface area contributed by atoms with Crippen molar-refractivity contribution in [1.29, 1.82) is 0 Å². The van der Waals surface area contributed by atoms with Crippen LogP contribution in [0, 0.1) is 0 Å². The Morgan fingerprint density at radius 2 is 1.11 bits per heavy atom. The Morgan fingerprint density at radius 1 is 0.667 bits per heavy atom. The number of rotatable bonds is 22. The van der Waals surface area contributed by atoms with E-state index >= 15 is 0 Å². The van der Waals surface area contributed by atoms with Gasteiger partial charge < -0.3 is 19.3 Å². The van der Waals surface area contributed by atoms with Gasteiger partial charge in [-0.15, -0.1) is 0 Å². The van der Waals surface area contributed by atoms with E-state index in [-0.39, 0.29) is 6.61 Å². The van der Waals surface area contributed by atoms with Crippen LogP contribution in [0.2, 0.25) is 0 Å². The van der Waals surface area contributed by atoms with Gasteiger partial charge in [0, 0.05) is 6.61 Å². The van der Waals surface area contributed by atoms with Crippen molar-refractivity contribution in [2.45, 2.75) is 110 Å². The van der Waals surface area contributed by atoms with Crippen molar-refractivity contribution in [2.75, 3.05) is 26.4 Å². The maximum Gasteiger partial charge on any atom is 0.361 e. The van der Waals surface area contributed by atoms with Crippen LogP contribution in [0.4, 0.5) is 0 Å². The zero-order valence-corrected chi connectivity index (χ0v) is 17.9. The Labute approximate surface area is 167 Å². The van der Waals surface area contributed by atoms with Gasteiger partial charge in [-0.3, -0.25) is 0 Å². The topological polar surface area (TPSA) is 65.0 Å². The molecule has 0 amide bonds. The van der Waals surface area contributed by atoms with Crippen molar-refractivity contribution in [3.05, 3.63) is 0 Å². The standard InChI is InChI=1S/C22H44O5/c1-3-5-6-7-8-9-10-11-12-13-14-15-16-17-18-26-22(21(23)24)27-20-19-25-4-2/h22H,3-20H2,1-2H3,(H,23,24). The zero-order chi connectivity index (χ0) is 20.0. The molecule has 0 rings (SSSR count). The average molecular weight is 389 g/mol. The van der Waals surface area contributed by atoms with Crippen molar-refractivity contribution >= 4 is 5.97 Å². The molecule has 27 heavy (non-hydrogen) atoms. The second-order valence-electron chi connectivity index (χ2n) is 7.20.